The highest BCUT2D eigenvalue weighted by molar-refractivity contribution is 6.07. The topological polar surface area (TPSA) is 127 Å². The van der Waals surface area contributed by atoms with Gasteiger partial charge < -0.3 is 15.4 Å². The van der Waals surface area contributed by atoms with Crippen LogP contribution >= 0.6 is 0 Å². The Balaban J connectivity index is 1.48. The van der Waals surface area contributed by atoms with Crippen molar-refractivity contribution in [1.82, 2.24) is 30.9 Å². The highest BCUT2D eigenvalue weighted by Crippen LogP contribution is 2.30. The molecule has 29 heavy (non-hydrogen) atoms. The number of hydrogen-bond acceptors (Lipinski definition) is 6. The number of halogens is 1. The van der Waals surface area contributed by atoms with Gasteiger partial charge in [-0.3, -0.25) is 14.9 Å². The summed E-state index contributed by atoms with van der Waals surface area (Å²) in [5.41, 5.74) is -0.712. The minimum Gasteiger partial charge on any atom is -0.381 e. The van der Waals surface area contributed by atoms with Gasteiger partial charge in [0.2, 0.25) is 0 Å². The summed E-state index contributed by atoms with van der Waals surface area (Å²) < 4.78 is 18.4. The molecule has 3 heterocycles. The number of benzene rings is 1. The quantitative estimate of drug-likeness (QED) is 0.611. The molecule has 2 saturated heterocycles. The number of ether oxygens (including phenoxy) is 1. The van der Waals surface area contributed by atoms with Crippen molar-refractivity contribution < 1.29 is 23.5 Å². The summed E-state index contributed by atoms with van der Waals surface area (Å²) in [6, 6.07) is 4.90. The molecule has 0 radical (unpaired) electrons. The Labute approximate surface area is 164 Å². The fourth-order valence-corrected chi connectivity index (χ4v) is 3.63. The number of hydrogen-bond donors (Lipinski definition) is 3. The van der Waals surface area contributed by atoms with Crippen molar-refractivity contribution in [3.05, 3.63) is 42.0 Å². The molecule has 0 spiro atoms. The molecule has 0 aliphatic carbocycles. The van der Waals surface area contributed by atoms with Crippen molar-refractivity contribution in [2.75, 3.05) is 19.8 Å². The number of carbonyl (C=O) groups is 3. The first kappa shape index (κ1) is 19.0. The van der Waals surface area contributed by atoms with Crippen LogP contribution in [-0.2, 0) is 9.53 Å². The highest BCUT2D eigenvalue weighted by atomic mass is 19.1. The normalized spacial score (nSPS) is 22.2. The van der Waals surface area contributed by atoms with E-state index in [2.05, 4.69) is 26.1 Å². The second kappa shape index (κ2) is 7.59. The maximum atomic E-state index is 13.0. The smallest absolute Gasteiger partial charge is 0.322 e. The van der Waals surface area contributed by atoms with Crippen LogP contribution in [0.4, 0.5) is 9.18 Å². The molecule has 3 N–H and O–H groups in total. The van der Waals surface area contributed by atoms with E-state index in [9.17, 15) is 18.8 Å². The average molecular weight is 402 g/mol. The molecule has 2 aliphatic rings. The maximum Gasteiger partial charge on any atom is 0.322 e. The van der Waals surface area contributed by atoms with Crippen molar-refractivity contribution in [1.29, 1.82) is 0 Å². The lowest BCUT2D eigenvalue weighted by Crippen LogP contribution is -2.61. The number of aromatic nitrogens is 3. The zero-order valence-electron chi connectivity index (χ0n) is 15.4. The molecule has 2 aliphatic heterocycles. The molecule has 1 aromatic carbocycles. The second-order valence-corrected chi connectivity index (χ2v) is 6.94. The van der Waals surface area contributed by atoms with E-state index < -0.39 is 29.2 Å². The lowest BCUT2D eigenvalue weighted by Gasteiger charge is -2.37. The Bertz CT molecular complexity index is 940. The SMILES string of the molecule is O=C1NC(=O)C(CNC(=O)c2cnn(-c3ccc(F)cc3)n2)(C2CCOCC2)N1. The number of amides is 4. The Morgan fingerprint density at radius 1 is 1.28 bits per heavy atom. The zero-order chi connectivity index (χ0) is 20.4. The van der Waals surface area contributed by atoms with Gasteiger partial charge in [-0.05, 0) is 43.0 Å². The number of urea groups is 1. The molecule has 11 heteroatoms. The summed E-state index contributed by atoms with van der Waals surface area (Å²) in [5, 5.41) is 15.7. The molecule has 1 aromatic heterocycles. The molecule has 4 rings (SSSR count). The Kier molecular flexibility index (Phi) is 4.97. The molecule has 1 atom stereocenters. The molecule has 10 nitrogen and oxygen atoms in total. The van der Waals surface area contributed by atoms with Gasteiger partial charge in [0.1, 0.15) is 11.4 Å². The summed E-state index contributed by atoms with van der Waals surface area (Å²) in [5.74, 6) is -1.57. The number of carbonyl (C=O) groups excluding carboxylic acids is 3. The van der Waals surface area contributed by atoms with Crippen molar-refractivity contribution in [2.24, 2.45) is 5.92 Å². The van der Waals surface area contributed by atoms with E-state index >= 15 is 0 Å². The molecule has 1 unspecified atom stereocenters. The van der Waals surface area contributed by atoms with Gasteiger partial charge >= 0.3 is 6.03 Å². The van der Waals surface area contributed by atoms with Crippen LogP contribution in [0.3, 0.4) is 0 Å². The van der Waals surface area contributed by atoms with E-state index in [0.29, 0.717) is 31.7 Å². The Morgan fingerprint density at radius 2 is 2.00 bits per heavy atom. The lowest BCUT2D eigenvalue weighted by atomic mass is 9.78. The van der Waals surface area contributed by atoms with Crippen LogP contribution in [0.15, 0.2) is 30.5 Å². The average Bonchev–Trinajstić information content (AvgIpc) is 3.32. The van der Waals surface area contributed by atoms with Gasteiger partial charge in [-0.1, -0.05) is 0 Å². The van der Waals surface area contributed by atoms with E-state index in [-0.39, 0.29) is 18.2 Å². The van der Waals surface area contributed by atoms with E-state index in [1.54, 1.807) is 0 Å². The van der Waals surface area contributed by atoms with Crippen LogP contribution in [0.5, 0.6) is 0 Å². The van der Waals surface area contributed by atoms with Gasteiger partial charge in [0.05, 0.1) is 18.4 Å². The third kappa shape index (κ3) is 3.68. The van der Waals surface area contributed by atoms with Crippen LogP contribution in [0.2, 0.25) is 0 Å². The van der Waals surface area contributed by atoms with E-state index in [4.69, 9.17) is 4.74 Å². The molecule has 2 aromatic rings. The molecule has 4 amide bonds. The number of rotatable bonds is 5. The van der Waals surface area contributed by atoms with E-state index in [1.807, 2.05) is 0 Å². The third-order valence-electron chi connectivity index (χ3n) is 5.20. The van der Waals surface area contributed by atoms with Gasteiger partial charge in [-0.2, -0.15) is 9.90 Å². The third-order valence-corrected chi connectivity index (χ3v) is 5.20. The second-order valence-electron chi connectivity index (χ2n) is 6.94. The van der Waals surface area contributed by atoms with Crippen LogP contribution in [-0.4, -0.2) is 58.1 Å². The van der Waals surface area contributed by atoms with Gasteiger partial charge in [-0.25, -0.2) is 9.18 Å². The van der Waals surface area contributed by atoms with E-state index in [1.165, 1.54) is 35.3 Å². The summed E-state index contributed by atoms with van der Waals surface area (Å²) >= 11 is 0. The molecule has 2 fully saturated rings. The first-order chi connectivity index (χ1) is 14.0. The molecular formula is C18H19FN6O4. The highest BCUT2D eigenvalue weighted by Gasteiger charge is 2.52. The standard InChI is InChI=1S/C18H19FN6O4/c19-12-1-3-13(4-2-12)25-21-9-14(24-25)15(26)20-10-18(11-5-7-29-8-6-11)16(27)22-17(28)23-18/h1-4,9,11H,5-8,10H2,(H,20,26)(H2,22,23,27,28). The van der Waals surface area contributed by atoms with Crippen LogP contribution in [0.1, 0.15) is 23.3 Å². The largest absolute Gasteiger partial charge is 0.381 e. The lowest BCUT2D eigenvalue weighted by molar-refractivity contribution is -0.127. The first-order valence-electron chi connectivity index (χ1n) is 9.16. The van der Waals surface area contributed by atoms with Crippen LogP contribution in [0, 0.1) is 11.7 Å². The molecular weight excluding hydrogens is 383 g/mol. The number of imide groups is 1. The summed E-state index contributed by atoms with van der Waals surface area (Å²) in [4.78, 5) is 38.1. The first-order valence-corrected chi connectivity index (χ1v) is 9.16. The van der Waals surface area contributed by atoms with Crippen molar-refractivity contribution in [3.63, 3.8) is 0 Å². The van der Waals surface area contributed by atoms with E-state index in [0.717, 1.165) is 0 Å². The molecule has 0 bridgehead atoms. The molecule has 152 valence electrons. The van der Waals surface area contributed by atoms with Crippen LogP contribution < -0.4 is 16.0 Å². The molecule has 0 saturated carbocycles. The summed E-state index contributed by atoms with van der Waals surface area (Å²) in [6.45, 7) is 0.877. The van der Waals surface area contributed by atoms with Gasteiger partial charge in [0.25, 0.3) is 11.8 Å². The number of nitrogens with one attached hydrogen (secondary N) is 3. The van der Waals surface area contributed by atoms with Gasteiger partial charge in [0, 0.05) is 13.2 Å². The van der Waals surface area contributed by atoms with Crippen LogP contribution in [0.25, 0.3) is 5.69 Å². The van der Waals surface area contributed by atoms with Crippen molar-refractivity contribution in [2.45, 2.75) is 18.4 Å². The Hall–Kier alpha value is -3.34. The Morgan fingerprint density at radius 3 is 2.66 bits per heavy atom. The monoisotopic (exact) mass is 402 g/mol. The summed E-state index contributed by atoms with van der Waals surface area (Å²) in [7, 11) is 0. The zero-order valence-corrected chi connectivity index (χ0v) is 15.4. The van der Waals surface area contributed by atoms with Gasteiger partial charge in [-0.15, -0.1) is 5.10 Å². The maximum absolute atomic E-state index is 13.0. The van der Waals surface area contributed by atoms with Crippen molar-refractivity contribution in [3.8, 4) is 5.69 Å². The summed E-state index contributed by atoms with van der Waals surface area (Å²) in [6.07, 6.45) is 2.45. The minimum atomic E-state index is -1.23. The predicted octanol–water partition coefficient (Wildman–Crippen LogP) is 0.141. The predicted molar refractivity (Wildman–Crippen MR) is 96.6 cm³/mol. The van der Waals surface area contributed by atoms with Gasteiger partial charge in [0.15, 0.2) is 5.69 Å². The number of nitrogens with zero attached hydrogens (tertiary/aromatic N) is 3. The minimum absolute atomic E-state index is 0.0289. The fourth-order valence-electron chi connectivity index (χ4n) is 3.63. The fraction of sp³-hybridized carbons (Fsp3) is 0.389. The van der Waals surface area contributed by atoms with Crippen molar-refractivity contribution >= 4 is 17.8 Å².